The fourth-order valence-corrected chi connectivity index (χ4v) is 3.25. The first-order chi connectivity index (χ1) is 13.6. The topological polar surface area (TPSA) is 42.8 Å². The minimum atomic E-state index is 0.324. The molecule has 0 aliphatic heterocycles. The number of aromatic amines is 1. The minimum Gasteiger partial charge on any atom is -0.486 e. The van der Waals surface area contributed by atoms with E-state index in [0.717, 1.165) is 22.8 Å². The zero-order valence-corrected chi connectivity index (χ0v) is 16.7. The summed E-state index contributed by atoms with van der Waals surface area (Å²) < 4.78 is 8.29. The Balaban J connectivity index is 1.52. The molecule has 4 rings (SSSR count). The Kier molecular flexibility index (Phi) is 5.08. The Morgan fingerprint density at radius 1 is 0.893 bits per heavy atom. The maximum Gasteiger partial charge on any atom is 0.214 e. The summed E-state index contributed by atoms with van der Waals surface area (Å²) in [7, 11) is 0. The van der Waals surface area contributed by atoms with Crippen LogP contribution in [0.5, 0.6) is 5.75 Å². The molecule has 4 nitrogen and oxygen atoms in total. The van der Waals surface area contributed by atoms with Gasteiger partial charge in [-0.3, -0.25) is 5.10 Å². The second kappa shape index (κ2) is 7.82. The highest BCUT2D eigenvalue weighted by molar-refractivity contribution is 7.71. The fraction of sp³-hybridized carbons (Fsp3) is 0.130. The molecule has 28 heavy (non-hydrogen) atoms. The fourth-order valence-electron chi connectivity index (χ4n) is 3.05. The van der Waals surface area contributed by atoms with Crippen LogP contribution in [0.1, 0.15) is 17.0 Å². The first kappa shape index (κ1) is 18.2. The van der Waals surface area contributed by atoms with Gasteiger partial charge in [0, 0.05) is 0 Å². The first-order valence-electron chi connectivity index (χ1n) is 9.14. The lowest BCUT2D eigenvalue weighted by molar-refractivity contribution is 0.292. The summed E-state index contributed by atoms with van der Waals surface area (Å²) in [5, 5.41) is 3.11. The molecular formula is C23H21N3OS. The van der Waals surface area contributed by atoms with Crippen molar-refractivity contribution in [1.29, 1.82) is 0 Å². The van der Waals surface area contributed by atoms with Gasteiger partial charge in [0.25, 0.3) is 0 Å². The molecule has 5 heteroatoms. The number of H-pyrrole nitrogens is 1. The lowest BCUT2D eigenvalue weighted by Crippen LogP contribution is -2.07. The van der Waals surface area contributed by atoms with Gasteiger partial charge in [-0.1, -0.05) is 48.5 Å². The van der Waals surface area contributed by atoms with Crippen LogP contribution in [0.3, 0.4) is 0 Å². The summed E-state index contributed by atoms with van der Waals surface area (Å²) in [6.45, 7) is 4.51. The molecule has 0 atom stereocenters. The Bertz CT molecular complexity index is 1140. The zero-order chi connectivity index (χ0) is 19.5. The van der Waals surface area contributed by atoms with E-state index < -0.39 is 0 Å². The minimum absolute atomic E-state index is 0.324. The highest BCUT2D eigenvalue weighted by atomic mass is 32.1. The maximum atomic E-state index is 5.96. The third-order valence-corrected chi connectivity index (χ3v) is 4.96. The molecule has 0 bridgehead atoms. The Morgan fingerprint density at radius 3 is 2.32 bits per heavy atom. The summed E-state index contributed by atoms with van der Waals surface area (Å²) in [6, 6.07) is 24.6. The molecular weight excluding hydrogens is 366 g/mol. The van der Waals surface area contributed by atoms with E-state index in [2.05, 4.69) is 60.3 Å². The van der Waals surface area contributed by atoms with Crippen molar-refractivity contribution in [1.82, 2.24) is 14.8 Å². The van der Waals surface area contributed by atoms with Crippen LogP contribution in [-0.4, -0.2) is 14.8 Å². The number of hydrogen-bond acceptors (Lipinski definition) is 3. The van der Waals surface area contributed by atoms with Crippen molar-refractivity contribution in [3.05, 3.63) is 94.5 Å². The van der Waals surface area contributed by atoms with Gasteiger partial charge in [-0.2, -0.15) is 0 Å². The lowest BCUT2D eigenvalue weighted by atomic mass is 10.1. The Labute approximate surface area is 169 Å². The van der Waals surface area contributed by atoms with E-state index in [1.807, 2.05) is 41.1 Å². The molecule has 0 aliphatic rings. The van der Waals surface area contributed by atoms with Crippen LogP contribution in [0, 0.1) is 18.6 Å². The second-order valence-corrected chi connectivity index (χ2v) is 7.11. The molecule has 4 aromatic rings. The van der Waals surface area contributed by atoms with Crippen molar-refractivity contribution in [3.63, 3.8) is 0 Å². The number of ether oxygens (including phenoxy) is 1. The van der Waals surface area contributed by atoms with Crippen molar-refractivity contribution in [2.45, 2.75) is 20.5 Å². The van der Waals surface area contributed by atoms with Crippen LogP contribution < -0.4 is 4.74 Å². The number of nitrogens with zero attached hydrogens (tertiary/aromatic N) is 2. The molecule has 0 saturated carbocycles. The molecule has 140 valence electrons. The highest BCUT2D eigenvalue weighted by Crippen LogP contribution is 2.23. The predicted molar refractivity (Wildman–Crippen MR) is 114 cm³/mol. The summed E-state index contributed by atoms with van der Waals surface area (Å²) >= 11 is 5.24. The SMILES string of the molecule is Cc1ccc(-n2[nH]c(=S)nc2COc2ccc(-c3ccccc3)cc2)cc1C. The number of benzene rings is 3. The standard InChI is InChI=1S/C23H21N3OS/c1-16-8-11-20(14-17(16)2)26-22(24-23(28)25-26)15-27-21-12-9-19(10-13-21)18-6-4-3-5-7-18/h3-14H,15H2,1-2H3,(H,25,28). The van der Waals surface area contributed by atoms with Crippen LogP contribution in [0.4, 0.5) is 0 Å². The highest BCUT2D eigenvalue weighted by Gasteiger charge is 2.09. The van der Waals surface area contributed by atoms with Crippen LogP contribution >= 0.6 is 12.2 Å². The molecule has 0 radical (unpaired) electrons. The van der Waals surface area contributed by atoms with E-state index >= 15 is 0 Å². The normalized spacial score (nSPS) is 10.8. The number of aryl methyl sites for hydroxylation is 2. The third kappa shape index (κ3) is 3.89. The van der Waals surface area contributed by atoms with Gasteiger partial charge in [0.15, 0.2) is 5.82 Å². The average Bonchev–Trinajstić information content (AvgIpc) is 3.10. The molecule has 3 aromatic carbocycles. The van der Waals surface area contributed by atoms with Gasteiger partial charge in [-0.25, -0.2) is 9.67 Å². The molecule has 0 amide bonds. The molecule has 0 spiro atoms. The lowest BCUT2D eigenvalue weighted by Gasteiger charge is -2.11. The van der Waals surface area contributed by atoms with Crippen LogP contribution in [-0.2, 0) is 6.61 Å². The monoisotopic (exact) mass is 387 g/mol. The van der Waals surface area contributed by atoms with Crippen molar-refractivity contribution < 1.29 is 4.74 Å². The molecule has 0 fully saturated rings. The summed E-state index contributed by atoms with van der Waals surface area (Å²) in [5.41, 5.74) is 5.80. The average molecular weight is 388 g/mol. The van der Waals surface area contributed by atoms with E-state index in [-0.39, 0.29) is 0 Å². The van der Waals surface area contributed by atoms with Gasteiger partial charge in [-0.15, -0.1) is 0 Å². The Hall–Kier alpha value is -3.18. The number of aromatic nitrogens is 3. The van der Waals surface area contributed by atoms with Gasteiger partial charge in [-0.05, 0) is 72.6 Å². The van der Waals surface area contributed by atoms with Crippen LogP contribution in [0.25, 0.3) is 16.8 Å². The number of hydrogen-bond donors (Lipinski definition) is 1. The van der Waals surface area contributed by atoms with Gasteiger partial charge >= 0.3 is 0 Å². The molecule has 1 heterocycles. The molecule has 0 unspecified atom stereocenters. The predicted octanol–water partition coefficient (Wildman–Crippen LogP) is 5.79. The molecule has 0 aliphatic carbocycles. The quantitative estimate of drug-likeness (QED) is 0.441. The molecule has 1 aromatic heterocycles. The van der Waals surface area contributed by atoms with Crippen molar-refractivity contribution in [2.75, 3.05) is 0 Å². The van der Waals surface area contributed by atoms with Gasteiger partial charge in [0.1, 0.15) is 12.4 Å². The van der Waals surface area contributed by atoms with Gasteiger partial charge in [0.05, 0.1) is 5.69 Å². The smallest absolute Gasteiger partial charge is 0.214 e. The Morgan fingerprint density at radius 2 is 1.61 bits per heavy atom. The van der Waals surface area contributed by atoms with E-state index in [4.69, 9.17) is 17.0 Å². The first-order valence-corrected chi connectivity index (χ1v) is 9.55. The second-order valence-electron chi connectivity index (χ2n) is 6.73. The van der Waals surface area contributed by atoms with E-state index in [9.17, 15) is 0 Å². The van der Waals surface area contributed by atoms with Crippen molar-refractivity contribution in [3.8, 4) is 22.6 Å². The van der Waals surface area contributed by atoms with Gasteiger partial charge in [0.2, 0.25) is 4.77 Å². The summed E-state index contributed by atoms with van der Waals surface area (Å²) in [6.07, 6.45) is 0. The molecule has 0 saturated heterocycles. The van der Waals surface area contributed by atoms with Gasteiger partial charge < -0.3 is 4.74 Å². The van der Waals surface area contributed by atoms with Crippen molar-refractivity contribution in [2.24, 2.45) is 0 Å². The van der Waals surface area contributed by atoms with Crippen LogP contribution in [0.2, 0.25) is 0 Å². The van der Waals surface area contributed by atoms with Crippen LogP contribution in [0.15, 0.2) is 72.8 Å². The number of nitrogens with one attached hydrogen (secondary N) is 1. The molecule has 1 N–H and O–H groups in total. The number of rotatable bonds is 5. The third-order valence-electron chi connectivity index (χ3n) is 4.77. The van der Waals surface area contributed by atoms with E-state index in [1.165, 1.54) is 16.7 Å². The van der Waals surface area contributed by atoms with E-state index in [1.54, 1.807) is 0 Å². The maximum absolute atomic E-state index is 5.96. The van der Waals surface area contributed by atoms with E-state index in [0.29, 0.717) is 11.4 Å². The summed E-state index contributed by atoms with van der Waals surface area (Å²) in [5.74, 6) is 1.53. The zero-order valence-electron chi connectivity index (χ0n) is 15.8. The summed E-state index contributed by atoms with van der Waals surface area (Å²) in [4.78, 5) is 4.42. The largest absolute Gasteiger partial charge is 0.486 e. The van der Waals surface area contributed by atoms with Crippen molar-refractivity contribution >= 4 is 12.2 Å².